The summed E-state index contributed by atoms with van der Waals surface area (Å²) in [6, 6.07) is 3.78. The average Bonchev–Trinajstić information content (AvgIpc) is 2.64. The number of hydrogen-bond donors (Lipinski definition) is 1. The summed E-state index contributed by atoms with van der Waals surface area (Å²) in [6.07, 6.45) is 15.1. The lowest BCUT2D eigenvalue weighted by Gasteiger charge is -2.25. The van der Waals surface area contributed by atoms with E-state index in [0.717, 1.165) is 44.6 Å². The van der Waals surface area contributed by atoms with Gasteiger partial charge in [-0.2, -0.15) is 5.06 Å². The third-order valence-corrected chi connectivity index (χ3v) is 4.07. The Kier molecular flexibility index (Phi) is 9.12. The van der Waals surface area contributed by atoms with Gasteiger partial charge in [0.25, 0.3) is 0 Å². The average molecular weight is 331 g/mol. The SMILES string of the molecule is O=C(/C=C/c1cccnc1)NCCCCCCCN1CCCCO1. The summed E-state index contributed by atoms with van der Waals surface area (Å²) in [5, 5.41) is 5.03. The fraction of sp³-hybridized carbons (Fsp3) is 0.579. The molecule has 24 heavy (non-hydrogen) atoms. The maximum atomic E-state index is 11.7. The molecule has 0 spiro atoms. The minimum Gasteiger partial charge on any atom is -0.353 e. The molecule has 0 unspecified atom stereocenters. The van der Waals surface area contributed by atoms with Crippen molar-refractivity contribution in [1.29, 1.82) is 0 Å². The first kappa shape index (κ1) is 18.6. The van der Waals surface area contributed by atoms with Crippen molar-refractivity contribution in [3.63, 3.8) is 0 Å². The number of nitrogens with one attached hydrogen (secondary N) is 1. The third kappa shape index (κ3) is 8.22. The lowest BCUT2D eigenvalue weighted by atomic mass is 10.1. The first-order valence-electron chi connectivity index (χ1n) is 9.08. The molecule has 1 aromatic rings. The molecule has 2 heterocycles. The molecular formula is C19H29N3O2. The van der Waals surface area contributed by atoms with Gasteiger partial charge in [0.2, 0.25) is 5.91 Å². The highest BCUT2D eigenvalue weighted by Gasteiger charge is 2.09. The zero-order valence-corrected chi connectivity index (χ0v) is 14.5. The van der Waals surface area contributed by atoms with E-state index in [1.807, 2.05) is 12.1 Å². The molecule has 0 saturated carbocycles. The Morgan fingerprint density at radius 1 is 1.25 bits per heavy atom. The molecule has 0 bridgehead atoms. The zero-order valence-electron chi connectivity index (χ0n) is 14.5. The molecular weight excluding hydrogens is 302 g/mol. The Bertz CT molecular complexity index is 485. The molecule has 1 fully saturated rings. The standard InChI is InChI=1S/C19H29N3O2/c23-19(11-10-18-9-8-12-20-17-18)21-13-4-2-1-3-5-14-22-15-6-7-16-24-22/h8-12,17H,1-7,13-16H2,(H,21,23)/b11-10+. The quantitative estimate of drug-likeness (QED) is 0.528. The van der Waals surface area contributed by atoms with Gasteiger partial charge in [-0.1, -0.05) is 25.3 Å². The third-order valence-electron chi connectivity index (χ3n) is 4.07. The van der Waals surface area contributed by atoms with Crippen molar-refractivity contribution in [3.8, 4) is 0 Å². The van der Waals surface area contributed by atoms with E-state index in [0.29, 0.717) is 0 Å². The minimum absolute atomic E-state index is 0.0406. The van der Waals surface area contributed by atoms with Crippen LogP contribution in [0.25, 0.3) is 6.08 Å². The second kappa shape index (κ2) is 11.8. The Labute approximate surface area is 145 Å². The molecule has 0 aromatic carbocycles. The lowest BCUT2D eigenvalue weighted by molar-refractivity contribution is -0.180. The number of nitrogens with zero attached hydrogens (tertiary/aromatic N) is 2. The van der Waals surface area contributed by atoms with Crippen LogP contribution in [0, 0.1) is 0 Å². The van der Waals surface area contributed by atoms with E-state index in [1.54, 1.807) is 24.5 Å². The molecule has 5 nitrogen and oxygen atoms in total. The van der Waals surface area contributed by atoms with Crippen molar-refractivity contribution in [2.45, 2.75) is 44.9 Å². The van der Waals surface area contributed by atoms with E-state index in [1.165, 1.54) is 32.1 Å². The van der Waals surface area contributed by atoms with Crippen molar-refractivity contribution in [2.24, 2.45) is 0 Å². The number of pyridine rings is 1. The van der Waals surface area contributed by atoms with Gasteiger partial charge in [-0.3, -0.25) is 14.6 Å². The summed E-state index contributed by atoms with van der Waals surface area (Å²) in [4.78, 5) is 21.3. The van der Waals surface area contributed by atoms with E-state index in [9.17, 15) is 4.79 Å². The molecule has 1 aromatic heterocycles. The lowest BCUT2D eigenvalue weighted by Crippen LogP contribution is -2.30. The summed E-state index contributed by atoms with van der Waals surface area (Å²) in [7, 11) is 0. The predicted molar refractivity (Wildman–Crippen MR) is 96.1 cm³/mol. The van der Waals surface area contributed by atoms with E-state index >= 15 is 0 Å². The van der Waals surface area contributed by atoms with Crippen LogP contribution in [0.2, 0.25) is 0 Å². The van der Waals surface area contributed by atoms with Crippen LogP contribution in [0.3, 0.4) is 0 Å². The van der Waals surface area contributed by atoms with Crippen molar-refractivity contribution in [2.75, 3.05) is 26.2 Å². The number of hydrogen-bond acceptors (Lipinski definition) is 4. The van der Waals surface area contributed by atoms with Gasteiger partial charge in [-0.25, -0.2) is 0 Å². The maximum absolute atomic E-state index is 11.7. The predicted octanol–water partition coefficient (Wildman–Crippen LogP) is 3.19. The smallest absolute Gasteiger partial charge is 0.243 e. The number of aromatic nitrogens is 1. The normalized spacial score (nSPS) is 15.7. The molecule has 0 radical (unpaired) electrons. The second-order valence-corrected chi connectivity index (χ2v) is 6.15. The monoisotopic (exact) mass is 331 g/mol. The van der Waals surface area contributed by atoms with Crippen molar-refractivity contribution < 1.29 is 9.63 Å². The van der Waals surface area contributed by atoms with Crippen LogP contribution in [-0.4, -0.2) is 42.2 Å². The van der Waals surface area contributed by atoms with E-state index < -0.39 is 0 Å². The number of amides is 1. The number of rotatable bonds is 10. The fourth-order valence-electron chi connectivity index (χ4n) is 2.69. The van der Waals surface area contributed by atoms with Crippen LogP contribution in [-0.2, 0) is 9.63 Å². The fourth-order valence-corrected chi connectivity index (χ4v) is 2.69. The molecule has 2 rings (SSSR count). The summed E-state index contributed by atoms with van der Waals surface area (Å²) < 4.78 is 0. The van der Waals surface area contributed by atoms with Crippen molar-refractivity contribution in [3.05, 3.63) is 36.2 Å². The zero-order chi connectivity index (χ0) is 16.9. The van der Waals surface area contributed by atoms with Gasteiger partial charge in [-0.15, -0.1) is 0 Å². The van der Waals surface area contributed by atoms with Gasteiger partial charge < -0.3 is 5.32 Å². The Morgan fingerprint density at radius 2 is 2.12 bits per heavy atom. The van der Waals surface area contributed by atoms with Gasteiger partial charge in [0, 0.05) is 38.1 Å². The summed E-state index contributed by atoms with van der Waals surface area (Å²) in [5.74, 6) is -0.0406. The molecule has 1 aliphatic heterocycles. The van der Waals surface area contributed by atoms with E-state index in [4.69, 9.17) is 4.84 Å². The van der Waals surface area contributed by atoms with E-state index in [-0.39, 0.29) is 5.91 Å². The Hall–Kier alpha value is -1.72. The first-order valence-corrected chi connectivity index (χ1v) is 9.08. The molecule has 1 N–H and O–H groups in total. The van der Waals surface area contributed by atoms with E-state index in [2.05, 4.69) is 15.4 Å². The maximum Gasteiger partial charge on any atom is 0.243 e. The Balaban J connectivity index is 1.42. The number of carbonyl (C=O) groups is 1. The van der Waals surface area contributed by atoms with Crippen LogP contribution in [0.15, 0.2) is 30.6 Å². The number of hydroxylamine groups is 2. The molecule has 0 aliphatic carbocycles. The topological polar surface area (TPSA) is 54.5 Å². The van der Waals surface area contributed by atoms with Crippen LogP contribution in [0.4, 0.5) is 0 Å². The first-order chi connectivity index (χ1) is 11.8. The Morgan fingerprint density at radius 3 is 2.92 bits per heavy atom. The molecule has 1 amide bonds. The molecule has 5 heteroatoms. The van der Waals surface area contributed by atoms with Gasteiger partial charge in [-0.05, 0) is 43.4 Å². The number of carbonyl (C=O) groups excluding carboxylic acids is 1. The number of unbranched alkanes of at least 4 members (excludes halogenated alkanes) is 4. The van der Waals surface area contributed by atoms with Crippen LogP contribution in [0.1, 0.15) is 50.5 Å². The van der Waals surface area contributed by atoms with Gasteiger partial charge >= 0.3 is 0 Å². The highest BCUT2D eigenvalue weighted by atomic mass is 16.7. The van der Waals surface area contributed by atoms with Crippen molar-refractivity contribution in [1.82, 2.24) is 15.4 Å². The van der Waals surface area contributed by atoms with Gasteiger partial charge in [0.05, 0.1) is 6.61 Å². The van der Waals surface area contributed by atoms with Crippen LogP contribution >= 0.6 is 0 Å². The summed E-state index contributed by atoms with van der Waals surface area (Å²) >= 11 is 0. The molecule has 132 valence electrons. The summed E-state index contributed by atoms with van der Waals surface area (Å²) in [6.45, 7) is 3.76. The van der Waals surface area contributed by atoms with Crippen molar-refractivity contribution >= 4 is 12.0 Å². The molecule has 1 saturated heterocycles. The van der Waals surface area contributed by atoms with Gasteiger partial charge in [0.1, 0.15) is 0 Å². The second-order valence-electron chi connectivity index (χ2n) is 6.15. The van der Waals surface area contributed by atoms with Gasteiger partial charge in [0.15, 0.2) is 0 Å². The highest BCUT2D eigenvalue weighted by Crippen LogP contribution is 2.09. The molecule has 1 aliphatic rings. The minimum atomic E-state index is -0.0406. The highest BCUT2D eigenvalue weighted by molar-refractivity contribution is 5.91. The van der Waals surface area contributed by atoms with Crippen LogP contribution in [0.5, 0.6) is 0 Å². The molecule has 0 atom stereocenters. The summed E-state index contributed by atoms with van der Waals surface area (Å²) in [5.41, 5.74) is 0.935. The largest absolute Gasteiger partial charge is 0.353 e. The van der Waals surface area contributed by atoms with Crippen LogP contribution < -0.4 is 5.32 Å².